The summed E-state index contributed by atoms with van der Waals surface area (Å²) in [4.78, 5) is 70.6. The number of aromatic nitrogens is 2. The molecule has 8 rings (SSSR count). The van der Waals surface area contributed by atoms with Gasteiger partial charge in [0.25, 0.3) is 0 Å². The zero-order valence-electron chi connectivity index (χ0n) is 37.4. The molecule has 14 nitrogen and oxygen atoms in total. The van der Waals surface area contributed by atoms with E-state index in [-0.39, 0.29) is 59.5 Å². The molecule has 2 aliphatic carbocycles. The van der Waals surface area contributed by atoms with E-state index in [0.29, 0.717) is 32.7 Å². The number of carbonyl (C=O) groups is 4. The second-order valence-corrected chi connectivity index (χ2v) is 18.1. The van der Waals surface area contributed by atoms with Crippen molar-refractivity contribution in [3.8, 4) is 0 Å². The normalized spacial score (nSPS) is 24.1. The Labute approximate surface area is 375 Å². The molecule has 2 unspecified atom stereocenters. The highest BCUT2D eigenvalue weighted by atomic mass is 16.5. The van der Waals surface area contributed by atoms with Crippen LogP contribution in [0.1, 0.15) is 82.3 Å². The van der Waals surface area contributed by atoms with Crippen LogP contribution in [0.2, 0.25) is 0 Å². The minimum absolute atomic E-state index is 0.0281. The van der Waals surface area contributed by atoms with E-state index in [1.165, 1.54) is 7.11 Å². The number of amides is 4. The Bertz CT molecular complexity index is 2450. The van der Waals surface area contributed by atoms with E-state index in [4.69, 9.17) is 19.5 Å². The number of aromatic amines is 1. The van der Waals surface area contributed by atoms with Gasteiger partial charge in [-0.2, -0.15) is 0 Å². The number of nitrogens with one attached hydrogen (secondary N) is 4. The largest absolute Gasteiger partial charge is 0.453 e. The second-order valence-electron chi connectivity index (χ2n) is 18.1. The Balaban J connectivity index is 0.952. The number of hydrogen-bond acceptors (Lipinski definition) is 9. The van der Waals surface area contributed by atoms with E-state index in [2.05, 4.69) is 64.0 Å². The fourth-order valence-electron chi connectivity index (χ4n) is 9.75. The average Bonchev–Trinajstić information content (AvgIpc) is 3.64. The van der Waals surface area contributed by atoms with Crippen LogP contribution in [0.4, 0.5) is 4.79 Å². The highest BCUT2D eigenvalue weighted by Crippen LogP contribution is 2.38. The number of ether oxygens (including phenoxy) is 2. The maximum atomic E-state index is 14.5. The zero-order chi connectivity index (χ0) is 44.9. The molecular weight excluding hydrogens is 809 g/mol. The Hall–Kier alpha value is -6.02. The number of rotatable bonds is 16. The van der Waals surface area contributed by atoms with Gasteiger partial charge in [-0.1, -0.05) is 93.3 Å². The Morgan fingerprint density at radius 1 is 1.00 bits per heavy atom. The molecule has 2 aromatic carbocycles. The maximum Gasteiger partial charge on any atom is 0.407 e. The standard InChI is InChI=1S/C50H62N8O6/c1-6-12-32(15-10-16-37-27-51-45(52-37)40-17-11-24-57(40)48(60)42(30(2)3)56-50(62)64-5)35-20-22-38-36(26-35)21-23-39-44(38)54-46(53-39)41-25-31(29-63-4)28-58(41)49(61)43(33-13-8-7-9-14-33)55-47(59)34-18-19-34/h6-10,12-15,21-23,26,30-31,34-35,37,40-43H,1,11,16-20,24-25,27-29H2,2-5H3,(H,51,52)(H,53,54)(H,55,59)(H,56,62)/b15-10-,32-12+/t31-,35?,37?,40-,41-,42-,43+/m0/s1. The van der Waals surface area contributed by atoms with Crippen molar-refractivity contribution in [3.05, 3.63) is 101 Å². The molecule has 64 heavy (non-hydrogen) atoms. The van der Waals surface area contributed by atoms with Crippen molar-refractivity contribution < 1.29 is 28.7 Å². The summed E-state index contributed by atoms with van der Waals surface area (Å²) in [6, 6.07) is 11.9. The summed E-state index contributed by atoms with van der Waals surface area (Å²) in [5, 5.41) is 11.6. The second kappa shape index (κ2) is 19.8. The molecule has 4 amide bonds. The molecule has 14 heteroatoms. The number of allylic oxidation sites excluding steroid dienone is 4. The molecule has 0 bridgehead atoms. The number of carbonyl (C=O) groups excluding carboxylic acids is 4. The highest BCUT2D eigenvalue weighted by Gasteiger charge is 2.43. The zero-order valence-corrected chi connectivity index (χ0v) is 37.4. The van der Waals surface area contributed by atoms with E-state index in [9.17, 15) is 19.2 Å². The van der Waals surface area contributed by atoms with Gasteiger partial charge in [0.15, 0.2) is 0 Å². The van der Waals surface area contributed by atoms with E-state index in [1.54, 1.807) is 7.11 Å². The molecule has 2 saturated heterocycles. The lowest BCUT2D eigenvalue weighted by Crippen LogP contribution is -2.55. The first-order valence-electron chi connectivity index (χ1n) is 22.9. The molecule has 338 valence electrons. The van der Waals surface area contributed by atoms with Crippen LogP contribution >= 0.6 is 0 Å². The molecule has 4 N–H and O–H groups in total. The van der Waals surface area contributed by atoms with Crippen molar-refractivity contribution in [3.63, 3.8) is 0 Å². The quantitative estimate of drug-likeness (QED) is 0.150. The number of likely N-dealkylation sites (tertiary alicyclic amines) is 2. The number of amidine groups is 1. The van der Waals surface area contributed by atoms with Crippen LogP contribution in [-0.4, -0.2) is 108 Å². The predicted molar refractivity (Wildman–Crippen MR) is 247 cm³/mol. The third-order valence-corrected chi connectivity index (χ3v) is 13.3. The Kier molecular flexibility index (Phi) is 13.8. The molecule has 3 fully saturated rings. The molecule has 5 aliphatic rings. The summed E-state index contributed by atoms with van der Waals surface area (Å²) in [6.07, 6.45) is 17.9. The summed E-state index contributed by atoms with van der Waals surface area (Å²) in [6.45, 7) is 10.1. The minimum Gasteiger partial charge on any atom is -0.453 e. The summed E-state index contributed by atoms with van der Waals surface area (Å²) in [7, 11) is 2.99. The van der Waals surface area contributed by atoms with Gasteiger partial charge in [0.2, 0.25) is 17.7 Å². The maximum absolute atomic E-state index is 14.5. The number of nitrogens with zero attached hydrogens (tertiary/aromatic N) is 4. The fraction of sp³-hybridized carbons (Fsp3) is 0.480. The number of H-pyrrole nitrogens is 1. The molecule has 1 saturated carbocycles. The summed E-state index contributed by atoms with van der Waals surface area (Å²) < 4.78 is 10.4. The molecular formula is C50H62N8O6. The fourth-order valence-corrected chi connectivity index (χ4v) is 9.75. The molecule has 3 aliphatic heterocycles. The van der Waals surface area contributed by atoms with Gasteiger partial charge in [-0.15, -0.1) is 0 Å². The number of aliphatic imine (C=N–C) groups is 1. The number of methoxy groups -OCH3 is 2. The van der Waals surface area contributed by atoms with Crippen molar-refractivity contribution in [1.82, 2.24) is 35.7 Å². The number of alkyl carbamates (subject to hydrolysis) is 1. The third-order valence-electron chi connectivity index (χ3n) is 13.3. The minimum atomic E-state index is -0.788. The lowest BCUT2D eigenvalue weighted by atomic mass is 9.89. The van der Waals surface area contributed by atoms with E-state index >= 15 is 0 Å². The van der Waals surface area contributed by atoms with Crippen LogP contribution in [0.25, 0.3) is 23.2 Å². The Morgan fingerprint density at radius 2 is 1.81 bits per heavy atom. The van der Waals surface area contributed by atoms with Gasteiger partial charge in [-0.05, 0) is 73.3 Å². The molecule has 3 aromatic rings. The van der Waals surface area contributed by atoms with E-state index in [0.717, 1.165) is 82.8 Å². The average molecular weight is 871 g/mol. The predicted octanol–water partition coefficient (Wildman–Crippen LogP) is 4.75. The van der Waals surface area contributed by atoms with Crippen LogP contribution in [0.3, 0.4) is 0 Å². The van der Waals surface area contributed by atoms with Gasteiger partial charge in [-0.25, -0.2) is 9.78 Å². The first-order valence-corrected chi connectivity index (χ1v) is 22.9. The van der Waals surface area contributed by atoms with Gasteiger partial charge >= 0.3 is 6.09 Å². The first-order chi connectivity index (χ1) is 31.1. The van der Waals surface area contributed by atoms with Gasteiger partial charge in [0, 0.05) is 43.2 Å². The number of imidazole rings is 1. The summed E-state index contributed by atoms with van der Waals surface area (Å²) >= 11 is 0. The lowest BCUT2D eigenvalue weighted by molar-refractivity contribution is -0.138. The van der Waals surface area contributed by atoms with Crippen LogP contribution in [0, 0.1) is 23.7 Å². The van der Waals surface area contributed by atoms with Crippen molar-refractivity contribution in [1.29, 1.82) is 0 Å². The van der Waals surface area contributed by atoms with Crippen molar-refractivity contribution in [2.75, 3.05) is 40.5 Å². The SMILES string of the molecule is C=C/C=C(\C=C/CC1CN=C([C@@H]2CCCN2C(=O)[C@@H](NC(=O)OC)C(C)C)N1)C1C=c2ccc3nc([C@@H]4C[C@H](COC)CN4C(=O)[C@H](NC(=O)C4CC4)c4ccccc4)[nH]c3c2=CC1. The van der Waals surface area contributed by atoms with Crippen molar-refractivity contribution >= 4 is 52.8 Å². The van der Waals surface area contributed by atoms with Crippen LogP contribution < -0.4 is 26.4 Å². The monoisotopic (exact) mass is 870 g/mol. The van der Waals surface area contributed by atoms with Crippen LogP contribution in [0.15, 0.2) is 83.9 Å². The molecule has 1 aromatic heterocycles. The number of benzene rings is 2. The number of fused-ring (bicyclic) bond motifs is 3. The highest BCUT2D eigenvalue weighted by molar-refractivity contribution is 5.95. The van der Waals surface area contributed by atoms with Gasteiger partial charge in [0.1, 0.15) is 23.7 Å². The smallest absolute Gasteiger partial charge is 0.407 e. The topological polar surface area (TPSA) is 170 Å². The van der Waals surface area contributed by atoms with Crippen LogP contribution in [-0.2, 0) is 23.9 Å². The Morgan fingerprint density at radius 3 is 2.55 bits per heavy atom. The van der Waals surface area contributed by atoms with Gasteiger partial charge < -0.3 is 40.2 Å². The van der Waals surface area contributed by atoms with Crippen molar-refractivity contribution in [2.45, 2.75) is 89.0 Å². The first kappa shape index (κ1) is 44.6. The van der Waals surface area contributed by atoms with Crippen molar-refractivity contribution in [2.24, 2.45) is 28.7 Å². The third kappa shape index (κ3) is 9.71. The van der Waals surface area contributed by atoms with Gasteiger partial charge in [-0.3, -0.25) is 19.4 Å². The number of hydrogen-bond donors (Lipinski definition) is 4. The molecule has 0 spiro atoms. The van der Waals surface area contributed by atoms with Gasteiger partial charge in [0.05, 0.1) is 49.4 Å². The van der Waals surface area contributed by atoms with Crippen LogP contribution in [0.5, 0.6) is 0 Å². The molecule has 7 atom stereocenters. The summed E-state index contributed by atoms with van der Waals surface area (Å²) in [5.74, 6) is 1.38. The van der Waals surface area contributed by atoms with E-state index < -0.39 is 18.2 Å². The molecule has 4 heterocycles. The van der Waals surface area contributed by atoms with E-state index in [1.807, 2.05) is 66.1 Å². The molecule has 0 radical (unpaired) electrons. The lowest BCUT2D eigenvalue weighted by Gasteiger charge is -2.31. The summed E-state index contributed by atoms with van der Waals surface area (Å²) in [5.41, 5.74) is 3.70.